The summed E-state index contributed by atoms with van der Waals surface area (Å²) in [5.41, 5.74) is 2.03. The lowest BCUT2D eigenvalue weighted by atomic mass is 10.1. The van der Waals surface area contributed by atoms with Gasteiger partial charge in [0.05, 0.1) is 17.6 Å². The summed E-state index contributed by atoms with van der Waals surface area (Å²) in [4.78, 5) is 11.8. The summed E-state index contributed by atoms with van der Waals surface area (Å²) in [6.07, 6.45) is 0. The summed E-state index contributed by atoms with van der Waals surface area (Å²) in [7, 11) is -2.15. The first-order valence-corrected chi connectivity index (χ1v) is 9.11. The van der Waals surface area contributed by atoms with E-state index in [9.17, 15) is 13.2 Å². The van der Waals surface area contributed by atoms with Gasteiger partial charge in [0.15, 0.2) is 0 Å². The Morgan fingerprint density at radius 3 is 2.57 bits per heavy atom. The van der Waals surface area contributed by atoms with E-state index in [0.29, 0.717) is 17.0 Å². The molecule has 0 spiro atoms. The molecule has 0 unspecified atom stereocenters. The van der Waals surface area contributed by atoms with Crippen molar-refractivity contribution in [3.05, 3.63) is 63.6 Å². The van der Waals surface area contributed by atoms with Gasteiger partial charge in [-0.2, -0.15) is 4.31 Å². The maximum atomic E-state index is 12.6. The first-order valence-electron chi connectivity index (χ1n) is 6.87. The molecule has 120 valence electrons. The number of hydrogen-bond donors (Lipinski definition) is 0. The van der Waals surface area contributed by atoms with Crippen molar-refractivity contribution in [1.29, 1.82) is 0 Å². The summed E-state index contributed by atoms with van der Waals surface area (Å²) < 4.78 is 32.0. The van der Waals surface area contributed by atoms with Gasteiger partial charge in [0.1, 0.15) is 0 Å². The molecule has 0 aliphatic carbocycles. The summed E-state index contributed by atoms with van der Waals surface area (Å²) in [6, 6.07) is 11.9. The summed E-state index contributed by atoms with van der Waals surface area (Å²) in [5.74, 6) is -0.414. The smallest absolute Gasteiger partial charge is 0.337 e. The average molecular weight is 396 g/mol. The molecule has 0 N–H and O–H groups in total. The van der Waals surface area contributed by atoms with Crippen LogP contribution in [0.1, 0.15) is 21.5 Å². The molecule has 0 saturated carbocycles. The van der Waals surface area contributed by atoms with Crippen molar-refractivity contribution in [2.24, 2.45) is 0 Å². The van der Waals surface area contributed by atoms with Crippen LogP contribution in [0.5, 0.6) is 0 Å². The lowest BCUT2D eigenvalue weighted by Gasteiger charge is -2.14. The number of esters is 1. The number of carbonyl (C=O) groups excluding carboxylic acids is 1. The van der Waals surface area contributed by atoms with E-state index in [1.807, 2.05) is 6.07 Å². The van der Waals surface area contributed by atoms with Crippen molar-refractivity contribution in [1.82, 2.24) is 4.31 Å². The van der Waals surface area contributed by atoms with Crippen LogP contribution < -0.4 is 0 Å². The predicted octanol–water partition coefficient (Wildman–Crippen LogP) is 2.94. The molecule has 1 aliphatic heterocycles. The first-order chi connectivity index (χ1) is 10.9. The van der Waals surface area contributed by atoms with Gasteiger partial charge < -0.3 is 4.74 Å². The number of hydrogen-bond acceptors (Lipinski definition) is 4. The first kappa shape index (κ1) is 16.2. The van der Waals surface area contributed by atoms with Gasteiger partial charge in [-0.15, -0.1) is 0 Å². The van der Waals surface area contributed by atoms with Gasteiger partial charge in [0.2, 0.25) is 10.0 Å². The third kappa shape index (κ3) is 3.04. The van der Waals surface area contributed by atoms with Gasteiger partial charge >= 0.3 is 5.97 Å². The molecule has 0 fully saturated rings. The maximum absolute atomic E-state index is 12.6. The number of nitrogens with zero attached hydrogens (tertiary/aromatic N) is 1. The standard InChI is InChI=1S/C16H14BrNO4S/c1-22-16(19)12-4-2-11(3-5-12)9-18-10-13-8-14(17)6-7-15(13)23(18,20)21/h2-8H,9-10H2,1H3. The van der Waals surface area contributed by atoms with Gasteiger partial charge in [-0.05, 0) is 41.5 Å². The van der Waals surface area contributed by atoms with Crippen LogP contribution in [0.15, 0.2) is 51.8 Å². The summed E-state index contributed by atoms with van der Waals surface area (Å²) >= 11 is 3.36. The van der Waals surface area contributed by atoms with Gasteiger partial charge in [-0.3, -0.25) is 0 Å². The fourth-order valence-electron chi connectivity index (χ4n) is 2.55. The topological polar surface area (TPSA) is 63.7 Å². The van der Waals surface area contributed by atoms with Crippen LogP contribution in [0.3, 0.4) is 0 Å². The van der Waals surface area contributed by atoms with Crippen LogP contribution >= 0.6 is 15.9 Å². The molecule has 0 atom stereocenters. The van der Waals surface area contributed by atoms with E-state index in [2.05, 4.69) is 20.7 Å². The van der Waals surface area contributed by atoms with Crippen molar-refractivity contribution in [2.45, 2.75) is 18.0 Å². The Hall–Kier alpha value is -1.70. The quantitative estimate of drug-likeness (QED) is 0.749. The van der Waals surface area contributed by atoms with Gasteiger partial charge in [0, 0.05) is 17.6 Å². The van der Waals surface area contributed by atoms with Crippen LogP contribution in [0, 0.1) is 0 Å². The highest BCUT2D eigenvalue weighted by atomic mass is 79.9. The number of ether oxygens (including phenoxy) is 1. The summed E-state index contributed by atoms with van der Waals surface area (Å²) in [5, 5.41) is 0. The van der Waals surface area contributed by atoms with Crippen molar-refractivity contribution < 1.29 is 17.9 Å². The van der Waals surface area contributed by atoms with E-state index in [1.54, 1.807) is 36.4 Å². The highest BCUT2D eigenvalue weighted by Crippen LogP contribution is 2.33. The molecule has 0 aromatic heterocycles. The molecule has 1 aliphatic rings. The van der Waals surface area contributed by atoms with Crippen molar-refractivity contribution >= 4 is 31.9 Å². The van der Waals surface area contributed by atoms with Crippen molar-refractivity contribution in [3.63, 3.8) is 0 Å². The van der Waals surface area contributed by atoms with Gasteiger partial charge in [0.25, 0.3) is 0 Å². The lowest BCUT2D eigenvalue weighted by Crippen LogP contribution is -2.23. The molecule has 23 heavy (non-hydrogen) atoms. The van der Waals surface area contributed by atoms with Crippen LogP contribution in [0.25, 0.3) is 0 Å². The highest BCUT2D eigenvalue weighted by Gasteiger charge is 2.34. The fraction of sp³-hybridized carbons (Fsp3) is 0.188. The fourth-order valence-corrected chi connectivity index (χ4v) is 4.56. The average Bonchev–Trinajstić information content (AvgIpc) is 2.77. The Balaban J connectivity index is 1.83. The monoisotopic (exact) mass is 395 g/mol. The third-order valence-electron chi connectivity index (χ3n) is 3.72. The second-order valence-electron chi connectivity index (χ2n) is 5.21. The molecule has 0 amide bonds. The number of benzene rings is 2. The third-order valence-corrected chi connectivity index (χ3v) is 6.11. The minimum atomic E-state index is -3.47. The zero-order chi connectivity index (χ0) is 16.6. The number of halogens is 1. The van der Waals surface area contributed by atoms with E-state index in [-0.39, 0.29) is 6.54 Å². The Kier molecular flexibility index (Phi) is 4.27. The highest BCUT2D eigenvalue weighted by molar-refractivity contribution is 9.10. The minimum Gasteiger partial charge on any atom is -0.465 e. The molecule has 2 aromatic rings. The molecular weight excluding hydrogens is 382 g/mol. The van der Waals surface area contributed by atoms with E-state index in [4.69, 9.17) is 0 Å². The molecule has 0 saturated heterocycles. The molecule has 2 aromatic carbocycles. The Bertz CT molecular complexity index is 862. The largest absolute Gasteiger partial charge is 0.465 e. The predicted molar refractivity (Wildman–Crippen MR) is 88.4 cm³/mol. The van der Waals surface area contributed by atoms with E-state index >= 15 is 0 Å². The van der Waals surface area contributed by atoms with E-state index < -0.39 is 16.0 Å². The number of rotatable bonds is 3. The van der Waals surface area contributed by atoms with Crippen molar-refractivity contribution in [3.8, 4) is 0 Å². The minimum absolute atomic E-state index is 0.260. The second kappa shape index (κ2) is 6.07. The number of sulfonamides is 1. The Labute approximate surface area is 143 Å². The molecule has 1 heterocycles. The van der Waals surface area contributed by atoms with Gasteiger partial charge in [-0.1, -0.05) is 28.1 Å². The number of methoxy groups -OCH3 is 1. The van der Waals surface area contributed by atoms with E-state index in [1.165, 1.54) is 11.4 Å². The number of fused-ring (bicyclic) bond motifs is 1. The number of carbonyl (C=O) groups is 1. The van der Waals surface area contributed by atoms with Crippen LogP contribution in [-0.2, 0) is 27.8 Å². The SMILES string of the molecule is COC(=O)c1ccc(CN2Cc3cc(Br)ccc3S2(=O)=O)cc1. The van der Waals surface area contributed by atoms with E-state index in [0.717, 1.165) is 15.6 Å². The molecule has 5 nitrogen and oxygen atoms in total. The molecular formula is C16H14BrNO4S. The van der Waals surface area contributed by atoms with Crippen molar-refractivity contribution in [2.75, 3.05) is 7.11 Å². The molecule has 0 bridgehead atoms. The molecule has 3 rings (SSSR count). The lowest BCUT2D eigenvalue weighted by molar-refractivity contribution is 0.0600. The molecule has 7 heteroatoms. The second-order valence-corrected chi connectivity index (χ2v) is 8.04. The van der Waals surface area contributed by atoms with Crippen LogP contribution in [-0.4, -0.2) is 25.8 Å². The zero-order valence-corrected chi connectivity index (χ0v) is 14.7. The summed E-state index contributed by atoms with van der Waals surface area (Å²) in [6.45, 7) is 0.603. The van der Waals surface area contributed by atoms with Gasteiger partial charge in [-0.25, -0.2) is 13.2 Å². The maximum Gasteiger partial charge on any atom is 0.337 e. The molecule has 0 radical (unpaired) electrons. The Morgan fingerprint density at radius 1 is 1.22 bits per heavy atom. The van der Waals surface area contributed by atoms with Crippen LogP contribution in [0.2, 0.25) is 0 Å². The normalized spacial score (nSPS) is 16.1. The van der Waals surface area contributed by atoms with Crippen LogP contribution in [0.4, 0.5) is 0 Å². The Morgan fingerprint density at radius 2 is 1.91 bits per heavy atom. The zero-order valence-electron chi connectivity index (χ0n) is 12.3.